The minimum atomic E-state index is -0.0106. The number of rotatable bonds is 6. The van der Waals surface area contributed by atoms with Gasteiger partial charge in [-0.1, -0.05) is 40.2 Å². The summed E-state index contributed by atoms with van der Waals surface area (Å²) < 4.78 is 11.7. The lowest BCUT2D eigenvalue weighted by Gasteiger charge is -2.19. The summed E-state index contributed by atoms with van der Waals surface area (Å²) in [5, 5.41) is 0. The Kier molecular flexibility index (Phi) is 5.61. The molecule has 0 aliphatic heterocycles. The van der Waals surface area contributed by atoms with Crippen molar-refractivity contribution in [3.05, 3.63) is 58.1 Å². The van der Waals surface area contributed by atoms with Gasteiger partial charge in [-0.05, 0) is 35.7 Å². The molecule has 0 saturated heterocycles. The van der Waals surface area contributed by atoms with Crippen LogP contribution in [0.15, 0.2) is 46.9 Å². The third-order valence-electron chi connectivity index (χ3n) is 3.39. The second-order valence-electron chi connectivity index (χ2n) is 4.63. The maximum absolute atomic E-state index is 5.73. The van der Waals surface area contributed by atoms with E-state index in [4.69, 9.17) is 15.3 Å². The van der Waals surface area contributed by atoms with Gasteiger partial charge in [-0.2, -0.15) is 0 Å². The van der Waals surface area contributed by atoms with Crippen molar-refractivity contribution in [2.45, 2.75) is 12.5 Å². The average molecular weight is 351 g/mol. The molecule has 0 saturated carbocycles. The molecule has 0 spiro atoms. The molecule has 2 aromatic rings. The van der Waals surface area contributed by atoms with Gasteiger partial charge in [-0.25, -0.2) is 0 Å². The van der Waals surface area contributed by atoms with Gasteiger partial charge in [-0.15, -0.1) is 0 Å². The van der Waals surface area contributed by atoms with Gasteiger partial charge < -0.3 is 9.47 Å². The molecule has 0 amide bonds. The zero-order chi connectivity index (χ0) is 15.2. The lowest BCUT2D eigenvalue weighted by atomic mass is 9.99. The van der Waals surface area contributed by atoms with E-state index in [0.717, 1.165) is 16.5 Å². The standard InChI is InChI=1S/C16H19BrN2O2/c1-20-15-8-7-12(10-16(15)21-2)14(19-18)9-11-5-3-4-6-13(11)17/h3-8,10,14,19H,9,18H2,1-2H3. The number of hydrazine groups is 1. The number of hydrogen-bond acceptors (Lipinski definition) is 4. The first-order valence-electron chi connectivity index (χ1n) is 6.61. The van der Waals surface area contributed by atoms with Gasteiger partial charge in [-0.3, -0.25) is 11.3 Å². The molecule has 21 heavy (non-hydrogen) atoms. The number of ether oxygens (including phenoxy) is 2. The second-order valence-corrected chi connectivity index (χ2v) is 5.48. The lowest BCUT2D eigenvalue weighted by Crippen LogP contribution is -2.29. The van der Waals surface area contributed by atoms with E-state index in [0.29, 0.717) is 11.5 Å². The van der Waals surface area contributed by atoms with E-state index in [1.807, 2.05) is 36.4 Å². The molecule has 1 unspecified atom stereocenters. The van der Waals surface area contributed by atoms with E-state index in [1.54, 1.807) is 14.2 Å². The van der Waals surface area contributed by atoms with E-state index in [2.05, 4.69) is 27.4 Å². The highest BCUT2D eigenvalue weighted by atomic mass is 79.9. The van der Waals surface area contributed by atoms with Gasteiger partial charge in [0.1, 0.15) is 0 Å². The topological polar surface area (TPSA) is 56.5 Å². The van der Waals surface area contributed by atoms with Crippen LogP contribution < -0.4 is 20.7 Å². The Hall–Kier alpha value is -1.56. The fraction of sp³-hybridized carbons (Fsp3) is 0.250. The maximum atomic E-state index is 5.73. The minimum Gasteiger partial charge on any atom is -0.493 e. The summed E-state index contributed by atoms with van der Waals surface area (Å²) in [5.41, 5.74) is 5.10. The maximum Gasteiger partial charge on any atom is 0.161 e. The zero-order valence-electron chi connectivity index (χ0n) is 12.1. The molecule has 1 atom stereocenters. The molecule has 2 aromatic carbocycles. The summed E-state index contributed by atoms with van der Waals surface area (Å²) >= 11 is 3.56. The Morgan fingerprint density at radius 3 is 2.43 bits per heavy atom. The van der Waals surface area contributed by atoms with Crippen LogP contribution in [0, 0.1) is 0 Å². The van der Waals surface area contributed by atoms with E-state index >= 15 is 0 Å². The summed E-state index contributed by atoms with van der Waals surface area (Å²) in [6, 6.07) is 13.9. The molecule has 3 N–H and O–H groups in total. The van der Waals surface area contributed by atoms with Crippen LogP contribution in [0.1, 0.15) is 17.2 Å². The number of benzene rings is 2. The van der Waals surface area contributed by atoms with Crippen molar-refractivity contribution in [1.29, 1.82) is 0 Å². The molecular weight excluding hydrogens is 332 g/mol. The SMILES string of the molecule is COc1ccc(C(Cc2ccccc2Br)NN)cc1OC. The first-order valence-corrected chi connectivity index (χ1v) is 7.40. The van der Waals surface area contributed by atoms with Crippen LogP contribution in [-0.2, 0) is 6.42 Å². The highest BCUT2D eigenvalue weighted by Crippen LogP contribution is 2.31. The van der Waals surface area contributed by atoms with Gasteiger partial charge >= 0.3 is 0 Å². The largest absolute Gasteiger partial charge is 0.493 e. The number of nitrogens with one attached hydrogen (secondary N) is 1. The van der Waals surface area contributed by atoms with Crippen molar-refractivity contribution < 1.29 is 9.47 Å². The predicted molar refractivity (Wildman–Crippen MR) is 87.5 cm³/mol. The molecule has 5 heteroatoms. The molecular formula is C16H19BrN2O2. The van der Waals surface area contributed by atoms with Gasteiger partial charge in [0.05, 0.1) is 20.3 Å². The van der Waals surface area contributed by atoms with E-state index < -0.39 is 0 Å². The normalized spacial score (nSPS) is 12.0. The van der Waals surface area contributed by atoms with Crippen molar-refractivity contribution in [1.82, 2.24) is 5.43 Å². The van der Waals surface area contributed by atoms with Crippen LogP contribution in [0.25, 0.3) is 0 Å². The fourth-order valence-corrected chi connectivity index (χ4v) is 2.67. The highest BCUT2D eigenvalue weighted by Gasteiger charge is 2.15. The molecule has 0 aromatic heterocycles. The van der Waals surface area contributed by atoms with E-state index in [1.165, 1.54) is 5.56 Å². The molecule has 112 valence electrons. The van der Waals surface area contributed by atoms with Crippen LogP contribution in [0.4, 0.5) is 0 Å². The van der Waals surface area contributed by atoms with Crippen LogP contribution in [0.5, 0.6) is 11.5 Å². The third-order valence-corrected chi connectivity index (χ3v) is 4.17. The zero-order valence-corrected chi connectivity index (χ0v) is 13.7. The van der Waals surface area contributed by atoms with Gasteiger partial charge in [0.15, 0.2) is 11.5 Å². The summed E-state index contributed by atoms with van der Waals surface area (Å²) in [6.45, 7) is 0. The van der Waals surface area contributed by atoms with Crippen LogP contribution in [0.2, 0.25) is 0 Å². The molecule has 0 heterocycles. The number of hydrogen-bond donors (Lipinski definition) is 2. The summed E-state index contributed by atoms with van der Waals surface area (Å²) in [5.74, 6) is 7.13. The first kappa shape index (κ1) is 15.8. The highest BCUT2D eigenvalue weighted by molar-refractivity contribution is 9.10. The van der Waals surface area contributed by atoms with Gasteiger partial charge in [0, 0.05) is 4.47 Å². The van der Waals surface area contributed by atoms with Crippen LogP contribution in [-0.4, -0.2) is 14.2 Å². The van der Waals surface area contributed by atoms with E-state index in [9.17, 15) is 0 Å². The minimum absolute atomic E-state index is 0.0106. The first-order chi connectivity index (χ1) is 10.2. The monoisotopic (exact) mass is 350 g/mol. The fourth-order valence-electron chi connectivity index (χ4n) is 2.23. The second kappa shape index (κ2) is 7.45. The van der Waals surface area contributed by atoms with Gasteiger partial charge in [0.25, 0.3) is 0 Å². The molecule has 0 bridgehead atoms. The summed E-state index contributed by atoms with van der Waals surface area (Å²) in [4.78, 5) is 0. The smallest absolute Gasteiger partial charge is 0.161 e. The van der Waals surface area contributed by atoms with Gasteiger partial charge in [0.2, 0.25) is 0 Å². The molecule has 0 aliphatic rings. The molecule has 4 nitrogen and oxygen atoms in total. The summed E-state index contributed by atoms with van der Waals surface area (Å²) in [6.07, 6.45) is 0.771. The molecule has 0 aliphatic carbocycles. The number of halogens is 1. The van der Waals surface area contributed by atoms with E-state index in [-0.39, 0.29) is 6.04 Å². The third kappa shape index (κ3) is 3.75. The Morgan fingerprint density at radius 1 is 1.10 bits per heavy atom. The summed E-state index contributed by atoms with van der Waals surface area (Å²) in [7, 11) is 3.25. The average Bonchev–Trinajstić information content (AvgIpc) is 2.53. The van der Waals surface area contributed by atoms with Crippen molar-refractivity contribution in [3.8, 4) is 11.5 Å². The Balaban J connectivity index is 2.27. The Morgan fingerprint density at radius 2 is 1.81 bits per heavy atom. The van der Waals surface area contributed by atoms with Crippen LogP contribution in [0.3, 0.4) is 0 Å². The Bertz CT molecular complexity index is 605. The number of methoxy groups -OCH3 is 2. The van der Waals surface area contributed by atoms with Crippen molar-refractivity contribution >= 4 is 15.9 Å². The van der Waals surface area contributed by atoms with Crippen molar-refractivity contribution in [2.75, 3.05) is 14.2 Å². The van der Waals surface area contributed by atoms with Crippen LogP contribution >= 0.6 is 15.9 Å². The Labute approximate surface area is 133 Å². The molecule has 0 fully saturated rings. The quantitative estimate of drug-likeness (QED) is 0.620. The predicted octanol–water partition coefficient (Wildman–Crippen LogP) is 3.21. The number of nitrogens with two attached hydrogens (primary N) is 1. The van der Waals surface area contributed by atoms with Crippen molar-refractivity contribution in [2.24, 2.45) is 5.84 Å². The van der Waals surface area contributed by atoms with Crippen molar-refractivity contribution in [3.63, 3.8) is 0 Å². The lowest BCUT2D eigenvalue weighted by molar-refractivity contribution is 0.353. The molecule has 0 radical (unpaired) electrons. The molecule has 2 rings (SSSR count).